The standard InChI is InChI=1S/C11H16O2/c1-3-4-5-6-7-8-10-9(2)11(12)13-10/h9-10H,3-6H2,1-2H3. The maximum Gasteiger partial charge on any atom is 0.314 e. The number of hydrogen-bond acceptors (Lipinski definition) is 2. The molecule has 0 aromatic heterocycles. The zero-order chi connectivity index (χ0) is 9.68. The first kappa shape index (κ1) is 10.1. The van der Waals surface area contributed by atoms with Gasteiger partial charge in [-0.25, -0.2) is 0 Å². The molecule has 2 unspecified atom stereocenters. The van der Waals surface area contributed by atoms with E-state index in [-0.39, 0.29) is 18.0 Å². The van der Waals surface area contributed by atoms with Crippen LogP contribution < -0.4 is 0 Å². The fourth-order valence-corrected chi connectivity index (χ4v) is 1.18. The van der Waals surface area contributed by atoms with E-state index < -0.39 is 0 Å². The zero-order valence-corrected chi connectivity index (χ0v) is 8.30. The molecule has 0 saturated carbocycles. The first-order valence-electron chi connectivity index (χ1n) is 4.94. The van der Waals surface area contributed by atoms with Crippen molar-refractivity contribution < 1.29 is 9.53 Å². The topological polar surface area (TPSA) is 26.3 Å². The molecule has 0 aromatic carbocycles. The second-order valence-electron chi connectivity index (χ2n) is 3.42. The molecule has 2 atom stereocenters. The van der Waals surface area contributed by atoms with Crippen LogP contribution in [0.2, 0.25) is 0 Å². The second kappa shape index (κ2) is 4.91. The highest BCUT2D eigenvalue weighted by atomic mass is 16.6. The largest absolute Gasteiger partial charge is 0.448 e. The van der Waals surface area contributed by atoms with Crippen LogP contribution in [-0.4, -0.2) is 12.1 Å². The summed E-state index contributed by atoms with van der Waals surface area (Å²) in [6, 6.07) is 0. The van der Waals surface area contributed by atoms with E-state index in [1.807, 2.05) is 6.92 Å². The van der Waals surface area contributed by atoms with Gasteiger partial charge in [0, 0.05) is 6.42 Å². The lowest BCUT2D eigenvalue weighted by atomic mass is 10.00. The predicted octanol–water partition coefficient (Wildman–Crippen LogP) is 2.13. The van der Waals surface area contributed by atoms with Crippen LogP contribution >= 0.6 is 0 Å². The van der Waals surface area contributed by atoms with Crippen LogP contribution in [0.5, 0.6) is 0 Å². The minimum absolute atomic E-state index is 0.0151. The van der Waals surface area contributed by atoms with Crippen LogP contribution in [0.3, 0.4) is 0 Å². The van der Waals surface area contributed by atoms with Crippen molar-refractivity contribution in [3.05, 3.63) is 0 Å². The molecule has 13 heavy (non-hydrogen) atoms. The monoisotopic (exact) mass is 180 g/mol. The van der Waals surface area contributed by atoms with Gasteiger partial charge < -0.3 is 4.74 Å². The van der Waals surface area contributed by atoms with Gasteiger partial charge in [0.25, 0.3) is 0 Å². The van der Waals surface area contributed by atoms with Crippen molar-refractivity contribution in [2.75, 3.05) is 0 Å². The fourth-order valence-electron chi connectivity index (χ4n) is 1.18. The Labute approximate surface area is 79.7 Å². The first-order chi connectivity index (χ1) is 6.25. The summed E-state index contributed by atoms with van der Waals surface area (Å²) >= 11 is 0. The highest BCUT2D eigenvalue weighted by Gasteiger charge is 2.36. The number of ether oxygens (including phenoxy) is 1. The van der Waals surface area contributed by atoms with Crippen molar-refractivity contribution in [3.8, 4) is 11.8 Å². The molecule has 72 valence electrons. The van der Waals surface area contributed by atoms with E-state index in [1.165, 1.54) is 12.8 Å². The van der Waals surface area contributed by atoms with Crippen molar-refractivity contribution in [1.29, 1.82) is 0 Å². The van der Waals surface area contributed by atoms with Gasteiger partial charge in [0.15, 0.2) is 6.10 Å². The lowest BCUT2D eigenvalue weighted by Gasteiger charge is -2.27. The van der Waals surface area contributed by atoms with Crippen molar-refractivity contribution in [1.82, 2.24) is 0 Å². The van der Waals surface area contributed by atoms with Gasteiger partial charge >= 0.3 is 5.97 Å². The van der Waals surface area contributed by atoms with Crippen molar-refractivity contribution in [2.45, 2.75) is 45.6 Å². The third kappa shape index (κ3) is 2.77. The number of esters is 1. The maximum atomic E-state index is 10.7. The highest BCUT2D eigenvalue weighted by molar-refractivity contribution is 5.79. The average molecular weight is 180 g/mol. The van der Waals surface area contributed by atoms with Gasteiger partial charge in [0.05, 0.1) is 0 Å². The molecular weight excluding hydrogens is 164 g/mol. The van der Waals surface area contributed by atoms with Crippen LogP contribution in [-0.2, 0) is 9.53 Å². The molecule has 0 bridgehead atoms. The predicted molar refractivity (Wildman–Crippen MR) is 51.0 cm³/mol. The quantitative estimate of drug-likeness (QED) is 0.378. The Morgan fingerprint density at radius 1 is 1.46 bits per heavy atom. The Kier molecular flexibility index (Phi) is 3.82. The minimum Gasteiger partial charge on any atom is -0.448 e. The van der Waals surface area contributed by atoms with Crippen LogP contribution in [0.4, 0.5) is 0 Å². The summed E-state index contributed by atoms with van der Waals surface area (Å²) in [5.74, 6) is 5.88. The van der Waals surface area contributed by atoms with Gasteiger partial charge in [0.1, 0.15) is 5.92 Å². The molecule has 0 aromatic rings. The molecule has 1 aliphatic rings. The minimum atomic E-state index is -0.130. The summed E-state index contributed by atoms with van der Waals surface area (Å²) in [5.41, 5.74) is 0. The smallest absolute Gasteiger partial charge is 0.314 e. The van der Waals surface area contributed by atoms with E-state index in [2.05, 4.69) is 18.8 Å². The molecule has 1 heterocycles. The Morgan fingerprint density at radius 2 is 2.23 bits per heavy atom. The van der Waals surface area contributed by atoms with Gasteiger partial charge in [-0.15, -0.1) is 0 Å². The van der Waals surface area contributed by atoms with E-state index >= 15 is 0 Å². The highest BCUT2D eigenvalue weighted by Crippen LogP contribution is 2.20. The Balaban J connectivity index is 2.13. The molecule has 0 N–H and O–H groups in total. The van der Waals surface area contributed by atoms with Crippen LogP contribution in [0.1, 0.15) is 39.5 Å². The molecule has 0 radical (unpaired) electrons. The van der Waals surface area contributed by atoms with Gasteiger partial charge in [0.2, 0.25) is 0 Å². The molecular formula is C11H16O2. The second-order valence-corrected chi connectivity index (χ2v) is 3.42. The van der Waals surface area contributed by atoms with E-state index in [0.29, 0.717) is 0 Å². The number of unbranched alkanes of at least 4 members (excludes halogenated alkanes) is 3. The Bertz CT molecular complexity index is 234. The molecule has 0 aliphatic carbocycles. The average Bonchev–Trinajstić information content (AvgIpc) is 2.15. The van der Waals surface area contributed by atoms with Gasteiger partial charge in [-0.05, 0) is 13.3 Å². The molecule has 1 rings (SSSR count). The number of rotatable bonds is 3. The van der Waals surface area contributed by atoms with E-state index in [0.717, 1.165) is 12.8 Å². The lowest BCUT2D eigenvalue weighted by Crippen LogP contribution is -2.42. The Hall–Kier alpha value is -0.970. The van der Waals surface area contributed by atoms with Gasteiger partial charge in [-0.1, -0.05) is 31.6 Å². The normalized spacial score (nSPS) is 25.5. The van der Waals surface area contributed by atoms with Crippen molar-refractivity contribution in [3.63, 3.8) is 0 Å². The molecule has 1 saturated heterocycles. The summed E-state index contributed by atoms with van der Waals surface area (Å²) in [5, 5.41) is 0. The summed E-state index contributed by atoms with van der Waals surface area (Å²) in [4.78, 5) is 10.7. The third-order valence-electron chi connectivity index (χ3n) is 2.22. The number of cyclic esters (lactones) is 1. The summed E-state index contributed by atoms with van der Waals surface area (Å²) in [6.45, 7) is 4.03. The molecule has 0 spiro atoms. The molecule has 1 aliphatic heterocycles. The third-order valence-corrected chi connectivity index (χ3v) is 2.22. The summed E-state index contributed by atoms with van der Waals surface area (Å²) in [7, 11) is 0. The number of carbonyl (C=O) groups excluding carboxylic acids is 1. The zero-order valence-electron chi connectivity index (χ0n) is 8.30. The summed E-state index contributed by atoms with van der Waals surface area (Å²) < 4.78 is 4.85. The van der Waals surface area contributed by atoms with Gasteiger partial charge in [-0.3, -0.25) is 4.79 Å². The SMILES string of the molecule is CCCCCC#CC1OC(=O)C1C. The molecule has 2 heteroatoms. The van der Waals surface area contributed by atoms with E-state index in [1.54, 1.807) is 0 Å². The molecule has 1 fully saturated rings. The Morgan fingerprint density at radius 3 is 2.77 bits per heavy atom. The molecule has 2 nitrogen and oxygen atoms in total. The van der Waals surface area contributed by atoms with Crippen LogP contribution in [0.15, 0.2) is 0 Å². The molecule has 0 amide bonds. The summed E-state index contributed by atoms with van der Waals surface area (Å²) in [6.07, 6.45) is 4.40. The van der Waals surface area contributed by atoms with E-state index in [4.69, 9.17) is 4.74 Å². The fraction of sp³-hybridized carbons (Fsp3) is 0.727. The number of carbonyl (C=O) groups is 1. The van der Waals surface area contributed by atoms with Crippen molar-refractivity contribution >= 4 is 5.97 Å². The first-order valence-corrected chi connectivity index (χ1v) is 4.94. The maximum absolute atomic E-state index is 10.7. The van der Waals surface area contributed by atoms with Crippen molar-refractivity contribution in [2.24, 2.45) is 5.92 Å². The van der Waals surface area contributed by atoms with Crippen LogP contribution in [0.25, 0.3) is 0 Å². The lowest BCUT2D eigenvalue weighted by molar-refractivity contribution is -0.175. The van der Waals surface area contributed by atoms with Crippen LogP contribution in [0, 0.1) is 17.8 Å². The van der Waals surface area contributed by atoms with Gasteiger partial charge in [-0.2, -0.15) is 0 Å². The number of hydrogen-bond donors (Lipinski definition) is 0. The van der Waals surface area contributed by atoms with E-state index in [9.17, 15) is 4.79 Å².